The summed E-state index contributed by atoms with van der Waals surface area (Å²) in [5, 5.41) is 16.4. The van der Waals surface area contributed by atoms with Crippen molar-refractivity contribution in [1.82, 2.24) is 28.7 Å². The van der Waals surface area contributed by atoms with Gasteiger partial charge in [0.2, 0.25) is 11.9 Å². The van der Waals surface area contributed by atoms with Crippen LogP contribution >= 0.6 is 0 Å². The molecule has 0 aliphatic heterocycles. The van der Waals surface area contributed by atoms with Crippen molar-refractivity contribution in [2.45, 2.75) is 5.41 Å². The van der Waals surface area contributed by atoms with E-state index in [9.17, 15) is 5.26 Å². The molecule has 0 spiro atoms. The van der Waals surface area contributed by atoms with E-state index in [-0.39, 0.29) is 0 Å². The second-order valence-corrected chi connectivity index (χ2v) is 18.3. The van der Waals surface area contributed by atoms with E-state index >= 15 is 0 Å². The Balaban J connectivity index is 1.07. The zero-order valence-corrected chi connectivity index (χ0v) is 38.8. The third-order valence-corrected chi connectivity index (χ3v) is 14.5. The zero-order chi connectivity index (χ0) is 47.8. The lowest BCUT2D eigenvalue weighted by Crippen LogP contribution is -2.30. The molecule has 0 N–H and O–H groups in total. The second kappa shape index (κ2) is 16.4. The van der Waals surface area contributed by atoms with Gasteiger partial charge in [0.05, 0.1) is 50.1 Å². The molecule has 0 atom stereocenters. The number of hydrogen-bond acceptors (Lipinski definition) is 4. The van der Waals surface area contributed by atoms with Crippen LogP contribution in [0.2, 0.25) is 0 Å². The minimum absolute atomic E-state index is 0.465. The molecule has 7 nitrogen and oxygen atoms in total. The topological polar surface area (TPSA) is 77.2 Å². The lowest BCUT2D eigenvalue weighted by Gasteiger charge is -2.37. The van der Waals surface area contributed by atoms with Gasteiger partial charge in [-0.1, -0.05) is 194 Å². The number of para-hydroxylation sites is 4. The molecule has 336 valence electrons. The fourth-order valence-corrected chi connectivity index (χ4v) is 11.4. The van der Waals surface area contributed by atoms with Crippen molar-refractivity contribution < 1.29 is 0 Å². The Hall–Kier alpha value is -9.90. The SMILES string of the molecule is N#Cc1ccc2c(c1)c1ccccc1n2-c1nc(-c2ccc(C(c3ccccc3)(c3ccccc3)c3ccccc3)cc2)nc(-n2c3ccccc3c3ccc4c(c5ccccc5n4-c4ccccc4)c32)n1. The standard InChI is InChI=1S/C65H41N7/c66-42-43-33-39-58-54(41-43)51-28-14-16-30-55(51)71(58)63-67-62(44-34-36-48(37-35-44)65(45-19-5-1-6-20-45,46-21-7-2-8-22-46)47-23-9-3-10-24-47)68-64(69-63)72-56-31-17-13-27-50(56)52-38-40-59-60(61(52)72)53-29-15-18-32-57(53)70(59)49-25-11-4-12-26-49/h1-41H. The quantitative estimate of drug-likeness (QED) is 0.142. The van der Waals surface area contributed by atoms with Crippen molar-refractivity contribution >= 4 is 65.4 Å². The summed E-state index contributed by atoms with van der Waals surface area (Å²) in [6, 6.07) is 89.8. The number of hydrogen-bond donors (Lipinski definition) is 0. The molecule has 0 radical (unpaired) electrons. The van der Waals surface area contributed by atoms with E-state index in [1.54, 1.807) is 0 Å². The van der Waals surface area contributed by atoms with E-state index in [2.05, 4.69) is 238 Å². The van der Waals surface area contributed by atoms with Gasteiger partial charge in [0, 0.05) is 43.6 Å². The van der Waals surface area contributed by atoms with Crippen LogP contribution < -0.4 is 0 Å². The Kier molecular flexibility index (Phi) is 9.35. The Morgan fingerprint density at radius 3 is 1.40 bits per heavy atom. The molecular formula is C65H41N7. The molecule has 7 heteroatoms. The summed E-state index contributed by atoms with van der Waals surface area (Å²) in [5.74, 6) is 1.48. The van der Waals surface area contributed by atoms with Crippen molar-refractivity contribution in [2.75, 3.05) is 0 Å². The average molecular weight is 920 g/mol. The number of rotatable bonds is 8. The number of nitrogens with zero attached hydrogens (tertiary/aromatic N) is 7. The Labute approximate surface area is 414 Å². The summed E-state index contributed by atoms with van der Waals surface area (Å²) in [4.78, 5) is 16.5. The van der Waals surface area contributed by atoms with Crippen molar-refractivity contribution in [3.63, 3.8) is 0 Å². The van der Waals surface area contributed by atoms with Crippen LogP contribution in [0.1, 0.15) is 27.8 Å². The lowest BCUT2D eigenvalue weighted by atomic mass is 9.65. The van der Waals surface area contributed by atoms with Gasteiger partial charge in [0.15, 0.2) is 5.82 Å². The second-order valence-electron chi connectivity index (χ2n) is 18.3. The number of fused-ring (bicyclic) bond motifs is 10. The zero-order valence-electron chi connectivity index (χ0n) is 38.8. The lowest BCUT2D eigenvalue weighted by molar-refractivity contribution is 0.745. The van der Waals surface area contributed by atoms with Crippen molar-refractivity contribution in [3.05, 3.63) is 277 Å². The van der Waals surface area contributed by atoms with Crippen LogP contribution in [0.25, 0.3) is 94.4 Å². The molecule has 0 unspecified atom stereocenters. The fourth-order valence-electron chi connectivity index (χ4n) is 11.4. The van der Waals surface area contributed by atoms with E-state index < -0.39 is 5.41 Å². The molecule has 72 heavy (non-hydrogen) atoms. The molecule has 0 saturated heterocycles. The number of aromatic nitrogens is 6. The molecule has 0 aliphatic carbocycles. The number of nitriles is 1. The molecular weight excluding hydrogens is 879 g/mol. The predicted molar refractivity (Wildman–Crippen MR) is 291 cm³/mol. The molecule has 4 heterocycles. The van der Waals surface area contributed by atoms with Crippen LogP contribution in [0, 0.1) is 11.3 Å². The largest absolute Gasteiger partial charge is 0.309 e. The molecule has 4 aromatic heterocycles. The Bertz CT molecular complexity index is 4340. The van der Waals surface area contributed by atoms with Gasteiger partial charge in [-0.15, -0.1) is 0 Å². The first-order valence-corrected chi connectivity index (χ1v) is 24.2. The molecule has 0 amide bonds. The van der Waals surface area contributed by atoms with E-state index in [0.29, 0.717) is 23.3 Å². The first-order valence-electron chi connectivity index (χ1n) is 24.2. The molecule has 0 fully saturated rings. The first kappa shape index (κ1) is 41.1. The third-order valence-electron chi connectivity index (χ3n) is 14.5. The monoisotopic (exact) mass is 919 g/mol. The highest BCUT2D eigenvalue weighted by Gasteiger charge is 2.38. The van der Waals surface area contributed by atoms with E-state index in [0.717, 1.165) is 98.9 Å². The van der Waals surface area contributed by atoms with Gasteiger partial charge in [0.25, 0.3) is 0 Å². The van der Waals surface area contributed by atoms with Crippen LogP contribution in [-0.4, -0.2) is 28.7 Å². The summed E-state index contributed by atoms with van der Waals surface area (Å²) in [5.41, 5.74) is 12.5. The summed E-state index contributed by atoms with van der Waals surface area (Å²) >= 11 is 0. The van der Waals surface area contributed by atoms with Gasteiger partial charge in [-0.25, -0.2) is 0 Å². The summed E-state index contributed by atoms with van der Waals surface area (Å²) < 4.78 is 6.71. The van der Waals surface area contributed by atoms with Gasteiger partial charge < -0.3 is 4.57 Å². The Morgan fingerprint density at radius 2 is 0.806 bits per heavy atom. The van der Waals surface area contributed by atoms with Crippen LogP contribution in [0.4, 0.5) is 0 Å². The molecule has 14 rings (SSSR count). The molecule has 14 aromatic rings. The maximum atomic E-state index is 10.0. The first-order chi connectivity index (χ1) is 35.7. The third kappa shape index (κ3) is 6.13. The van der Waals surface area contributed by atoms with Crippen molar-refractivity contribution in [2.24, 2.45) is 0 Å². The van der Waals surface area contributed by atoms with E-state index in [1.807, 2.05) is 30.3 Å². The number of benzene rings is 10. The van der Waals surface area contributed by atoms with Crippen molar-refractivity contribution in [1.29, 1.82) is 5.26 Å². The molecule has 0 aliphatic rings. The van der Waals surface area contributed by atoms with Crippen molar-refractivity contribution in [3.8, 4) is 35.0 Å². The molecule has 0 saturated carbocycles. The predicted octanol–water partition coefficient (Wildman–Crippen LogP) is 15.1. The highest BCUT2D eigenvalue weighted by Crippen LogP contribution is 2.46. The summed E-state index contributed by atoms with van der Waals surface area (Å²) in [6.07, 6.45) is 0. The van der Waals surface area contributed by atoms with Crippen LogP contribution in [-0.2, 0) is 5.41 Å². The van der Waals surface area contributed by atoms with Gasteiger partial charge in [-0.3, -0.25) is 9.13 Å². The minimum atomic E-state index is -0.629. The highest BCUT2D eigenvalue weighted by atomic mass is 15.3. The summed E-state index contributed by atoms with van der Waals surface area (Å²) in [7, 11) is 0. The maximum Gasteiger partial charge on any atom is 0.240 e. The normalized spacial score (nSPS) is 11.9. The Morgan fingerprint density at radius 1 is 0.347 bits per heavy atom. The van der Waals surface area contributed by atoms with Crippen LogP contribution in [0.3, 0.4) is 0 Å². The summed E-state index contributed by atoms with van der Waals surface area (Å²) in [6.45, 7) is 0. The van der Waals surface area contributed by atoms with E-state index in [1.165, 1.54) is 0 Å². The molecule has 0 bridgehead atoms. The van der Waals surface area contributed by atoms with Crippen LogP contribution in [0.15, 0.2) is 249 Å². The fraction of sp³-hybridized carbons (Fsp3) is 0.0154. The van der Waals surface area contributed by atoms with Gasteiger partial charge >= 0.3 is 0 Å². The van der Waals surface area contributed by atoms with E-state index in [4.69, 9.17) is 15.0 Å². The maximum absolute atomic E-state index is 10.0. The van der Waals surface area contributed by atoms with Gasteiger partial charge in [-0.05, 0) is 76.9 Å². The van der Waals surface area contributed by atoms with Crippen LogP contribution in [0.5, 0.6) is 0 Å². The average Bonchev–Trinajstić information content (AvgIpc) is 4.10. The smallest absolute Gasteiger partial charge is 0.240 e. The molecule has 10 aromatic carbocycles. The minimum Gasteiger partial charge on any atom is -0.309 e. The highest BCUT2D eigenvalue weighted by molar-refractivity contribution is 6.26. The van der Waals surface area contributed by atoms with Gasteiger partial charge in [0.1, 0.15) is 0 Å². The van der Waals surface area contributed by atoms with Gasteiger partial charge in [-0.2, -0.15) is 20.2 Å².